The van der Waals surface area contributed by atoms with E-state index in [0.717, 1.165) is 6.42 Å². The molecule has 0 saturated carbocycles. The smallest absolute Gasteiger partial charge is 0.0114 e. The van der Waals surface area contributed by atoms with E-state index in [9.17, 15) is 0 Å². The number of hydrogen-bond acceptors (Lipinski definition) is 2. The Labute approximate surface area is 57.6 Å². The van der Waals surface area contributed by atoms with Crippen LogP contribution in [0.25, 0.3) is 0 Å². The lowest BCUT2D eigenvalue weighted by molar-refractivity contribution is 0.352. The van der Waals surface area contributed by atoms with Crippen LogP contribution in [0.5, 0.6) is 0 Å². The van der Waals surface area contributed by atoms with E-state index >= 15 is 0 Å². The molecule has 0 spiro atoms. The maximum absolute atomic E-state index is 5.74. The van der Waals surface area contributed by atoms with Crippen molar-refractivity contribution >= 4 is 0 Å². The van der Waals surface area contributed by atoms with E-state index in [1.165, 1.54) is 0 Å². The van der Waals surface area contributed by atoms with Gasteiger partial charge in [-0.05, 0) is 34.1 Å². The Morgan fingerprint density at radius 2 is 1.11 bits per heavy atom. The van der Waals surface area contributed by atoms with Crippen LogP contribution >= 0.6 is 0 Å². The molecule has 0 radical (unpaired) electrons. The molecule has 0 aliphatic rings. The molecule has 0 unspecified atom stereocenters. The summed E-state index contributed by atoms with van der Waals surface area (Å²) in [5.74, 6) is 0. The normalized spacial score (nSPS) is 14.0. The Bertz CT molecular complexity index is 72.1. The highest BCUT2D eigenvalue weighted by molar-refractivity contribution is 4.84. The van der Waals surface area contributed by atoms with Crippen LogP contribution in [-0.4, -0.2) is 11.1 Å². The van der Waals surface area contributed by atoms with Gasteiger partial charge in [0.15, 0.2) is 0 Å². The first-order valence-electron chi connectivity index (χ1n) is 3.28. The molecule has 0 fully saturated rings. The van der Waals surface area contributed by atoms with Crippen molar-refractivity contribution in [3.63, 3.8) is 0 Å². The van der Waals surface area contributed by atoms with E-state index in [4.69, 9.17) is 11.5 Å². The molecule has 0 atom stereocenters. The van der Waals surface area contributed by atoms with Crippen molar-refractivity contribution in [2.24, 2.45) is 11.5 Å². The third-order valence-electron chi connectivity index (χ3n) is 0.911. The van der Waals surface area contributed by atoms with Crippen molar-refractivity contribution < 1.29 is 0 Å². The van der Waals surface area contributed by atoms with Gasteiger partial charge in [-0.1, -0.05) is 0 Å². The van der Waals surface area contributed by atoms with Gasteiger partial charge >= 0.3 is 0 Å². The topological polar surface area (TPSA) is 52.0 Å². The molecule has 0 aromatic carbocycles. The van der Waals surface area contributed by atoms with Gasteiger partial charge in [0, 0.05) is 11.1 Å². The molecule has 2 nitrogen and oxygen atoms in total. The van der Waals surface area contributed by atoms with Crippen LogP contribution in [0.15, 0.2) is 0 Å². The molecular formula is C7H18N2. The zero-order valence-electron chi connectivity index (χ0n) is 6.86. The molecule has 0 aromatic heterocycles. The van der Waals surface area contributed by atoms with Crippen molar-refractivity contribution in [3.8, 4) is 0 Å². The predicted octanol–water partition coefficient (Wildman–Crippen LogP) is 0.851. The molecule has 0 aliphatic carbocycles. The van der Waals surface area contributed by atoms with Gasteiger partial charge < -0.3 is 11.5 Å². The first-order chi connectivity index (χ1) is 3.71. The second-order valence-corrected chi connectivity index (χ2v) is 4.15. The summed E-state index contributed by atoms with van der Waals surface area (Å²) in [6.07, 6.45) is 0.847. The maximum Gasteiger partial charge on any atom is 0.0114 e. The molecule has 0 aromatic rings. The third-order valence-corrected chi connectivity index (χ3v) is 0.911. The second kappa shape index (κ2) is 2.27. The highest BCUT2D eigenvalue weighted by Crippen LogP contribution is 2.13. The van der Waals surface area contributed by atoms with Gasteiger partial charge in [-0.25, -0.2) is 0 Å². The molecule has 4 N–H and O–H groups in total. The van der Waals surface area contributed by atoms with E-state index < -0.39 is 0 Å². The summed E-state index contributed by atoms with van der Waals surface area (Å²) in [4.78, 5) is 0. The monoisotopic (exact) mass is 130 g/mol. The first-order valence-corrected chi connectivity index (χ1v) is 3.28. The van der Waals surface area contributed by atoms with Crippen LogP contribution in [0.1, 0.15) is 34.1 Å². The van der Waals surface area contributed by atoms with Crippen molar-refractivity contribution in [1.29, 1.82) is 0 Å². The van der Waals surface area contributed by atoms with Crippen LogP contribution in [0.4, 0.5) is 0 Å². The summed E-state index contributed by atoms with van der Waals surface area (Å²) in [7, 11) is 0. The van der Waals surface area contributed by atoms with E-state index in [2.05, 4.69) is 0 Å². The van der Waals surface area contributed by atoms with Crippen molar-refractivity contribution in [2.75, 3.05) is 0 Å². The summed E-state index contributed by atoms with van der Waals surface area (Å²) >= 11 is 0. The molecule has 9 heavy (non-hydrogen) atoms. The summed E-state index contributed by atoms with van der Waals surface area (Å²) in [6.45, 7) is 7.95. The van der Waals surface area contributed by atoms with Crippen LogP contribution in [0.2, 0.25) is 0 Å². The van der Waals surface area contributed by atoms with Crippen LogP contribution in [0, 0.1) is 0 Å². The molecular weight excluding hydrogens is 112 g/mol. The fourth-order valence-corrected chi connectivity index (χ4v) is 1.17. The molecule has 0 heterocycles. The van der Waals surface area contributed by atoms with Gasteiger partial charge in [0.2, 0.25) is 0 Å². The second-order valence-electron chi connectivity index (χ2n) is 4.15. The minimum Gasteiger partial charge on any atom is -0.325 e. The molecule has 0 saturated heterocycles. The molecule has 0 aliphatic heterocycles. The minimum atomic E-state index is -0.141. The molecule has 0 bridgehead atoms. The maximum atomic E-state index is 5.74. The van der Waals surface area contributed by atoms with Crippen LogP contribution in [0.3, 0.4) is 0 Å². The first kappa shape index (κ1) is 8.92. The van der Waals surface area contributed by atoms with E-state index in [-0.39, 0.29) is 11.1 Å². The van der Waals surface area contributed by atoms with Crippen LogP contribution < -0.4 is 11.5 Å². The Hall–Kier alpha value is -0.0800. The highest BCUT2D eigenvalue weighted by Gasteiger charge is 2.20. The average molecular weight is 130 g/mol. The Morgan fingerprint density at radius 1 is 0.889 bits per heavy atom. The molecule has 0 amide bonds. The summed E-state index contributed by atoms with van der Waals surface area (Å²) in [6, 6.07) is 0. The standard InChI is InChI=1S/C7H18N2/c1-6(2,8)5-7(3,4)9/h5,8-9H2,1-4H3. The van der Waals surface area contributed by atoms with Crippen molar-refractivity contribution in [3.05, 3.63) is 0 Å². The lowest BCUT2D eigenvalue weighted by Gasteiger charge is -2.28. The zero-order chi connectivity index (χ0) is 7.71. The van der Waals surface area contributed by atoms with Gasteiger partial charge in [0.05, 0.1) is 0 Å². The molecule has 2 heteroatoms. The predicted molar refractivity (Wildman–Crippen MR) is 41.1 cm³/mol. The van der Waals surface area contributed by atoms with Gasteiger partial charge in [-0.2, -0.15) is 0 Å². The largest absolute Gasteiger partial charge is 0.325 e. The number of rotatable bonds is 2. The molecule has 0 rings (SSSR count). The highest BCUT2D eigenvalue weighted by atomic mass is 14.8. The summed E-state index contributed by atoms with van der Waals surface area (Å²) in [5, 5.41) is 0. The Balaban J connectivity index is 3.75. The average Bonchev–Trinajstić information content (AvgIpc) is 1.14. The van der Waals surface area contributed by atoms with E-state index in [1.54, 1.807) is 0 Å². The Morgan fingerprint density at radius 3 is 1.11 bits per heavy atom. The zero-order valence-corrected chi connectivity index (χ0v) is 6.86. The number of nitrogens with two attached hydrogens (primary N) is 2. The van der Waals surface area contributed by atoms with Gasteiger partial charge in [-0.15, -0.1) is 0 Å². The SMILES string of the molecule is CC(C)(N)CC(C)(C)N. The number of hydrogen-bond donors (Lipinski definition) is 2. The quantitative estimate of drug-likeness (QED) is 0.582. The minimum absolute atomic E-state index is 0.141. The summed E-state index contributed by atoms with van der Waals surface area (Å²) in [5.41, 5.74) is 11.2. The fourth-order valence-electron chi connectivity index (χ4n) is 1.17. The lowest BCUT2D eigenvalue weighted by atomic mass is 9.89. The van der Waals surface area contributed by atoms with Crippen molar-refractivity contribution in [2.45, 2.75) is 45.2 Å². The fraction of sp³-hybridized carbons (Fsp3) is 1.00. The van der Waals surface area contributed by atoms with Crippen molar-refractivity contribution in [1.82, 2.24) is 0 Å². The van der Waals surface area contributed by atoms with Gasteiger partial charge in [0.1, 0.15) is 0 Å². The van der Waals surface area contributed by atoms with Gasteiger partial charge in [-0.3, -0.25) is 0 Å². The van der Waals surface area contributed by atoms with E-state index in [0.29, 0.717) is 0 Å². The third kappa shape index (κ3) is 7.92. The lowest BCUT2D eigenvalue weighted by Crippen LogP contribution is -2.45. The van der Waals surface area contributed by atoms with E-state index in [1.807, 2.05) is 27.7 Å². The Kier molecular flexibility index (Phi) is 2.25. The van der Waals surface area contributed by atoms with Gasteiger partial charge in [0.25, 0.3) is 0 Å². The molecule has 56 valence electrons. The van der Waals surface area contributed by atoms with Crippen LogP contribution in [-0.2, 0) is 0 Å². The summed E-state index contributed by atoms with van der Waals surface area (Å²) < 4.78 is 0.